The minimum absolute atomic E-state index is 0.256. The van der Waals surface area contributed by atoms with E-state index in [9.17, 15) is 9.59 Å². The fourth-order valence-electron chi connectivity index (χ4n) is 2.59. The molecule has 3 aromatic rings. The predicted molar refractivity (Wildman–Crippen MR) is 115 cm³/mol. The van der Waals surface area contributed by atoms with E-state index in [0.29, 0.717) is 26.4 Å². The lowest BCUT2D eigenvalue weighted by Crippen LogP contribution is -2.19. The molecule has 0 aliphatic carbocycles. The Balaban J connectivity index is 1.67. The van der Waals surface area contributed by atoms with Crippen molar-refractivity contribution in [1.82, 2.24) is 4.98 Å². The molecule has 3 rings (SSSR count). The summed E-state index contributed by atoms with van der Waals surface area (Å²) in [6, 6.07) is 12.1. The summed E-state index contributed by atoms with van der Waals surface area (Å²) in [6.07, 6.45) is 0. The molecule has 0 atom stereocenters. The molecule has 1 heterocycles. The first-order valence-corrected chi connectivity index (χ1v) is 9.71. The zero-order valence-electron chi connectivity index (χ0n) is 15.6. The Labute approximate surface area is 172 Å². The summed E-state index contributed by atoms with van der Waals surface area (Å²) >= 11 is 6.95. The summed E-state index contributed by atoms with van der Waals surface area (Å²) < 4.78 is 0. The number of aromatic nitrogens is 1. The van der Waals surface area contributed by atoms with Crippen molar-refractivity contribution in [3.8, 4) is 0 Å². The number of thiazole rings is 1. The Hall–Kier alpha value is -2.90. The van der Waals surface area contributed by atoms with Crippen molar-refractivity contribution in [1.29, 1.82) is 0 Å². The maximum absolute atomic E-state index is 12.6. The average Bonchev–Trinajstić information content (AvgIpc) is 2.99. The molecule has 0 saturated carbocycles. The zero-order valence-corrected chi connectivity index (χ0v) is 17.2. The van der Waals surface area contributed by atoms with E-state index in [1.165, 1.54) is 0 Å². The second-order valence-electron chi connectivity index (χ2n) is 6.29. The highest BCUT2D eigenvalue weighted by Crippen LogP contribution is 2.25. The van der Waals surface area contributed by atoms with Gasteiger partial charge in [0.05, 0.1) is 5.69 Å². The van der Waals surface area contributed by atoms with E-state index in [0.717, 1.165) is 28.2 Å². The van der Waals surface area contributed by atoms with E-state index in [2.05, 4.69) is 20.9 Å². The third-order valence-electron chi connectivity index (χ3n) is 3.96. The Morgan fingerprint density at radius 2 is 1.68 bits per heavy atom. The summed E-state index contributed by atoms with van der Waals surface area (Å²) in [5.74, 6) is -0.256. The van der Waals surface area contributed by atoms with E-state index in [1.807, 2.05) is 32.0 Å². The van der Waals surface area contributed by atoms with Crippen LogP contribution in [-0.4, -0.2) is 16.9 Å². The van der Waals surface area contributed by atoms with Gasteiger partial charge in [-0.3, -0.25) is 10.1 Å². The van der Waals surface area contributed by atoms with Crippen molar-refractivity contribution in [3.05, 3.63) is 69.2 Å². The van der Waals surface area contributed by atoms with Crippen molar-refractivity contribution in [3.63, 3.8) is 0 Å². The normalized spacial score (nSPS) is 10.4. The van der Waals surface area contributed by atoms with Gasteiger partial charge in [0, 0.05) is 16.4 Å². The molecule has 6 nitrogen and oxygen atoms in total. The maximum Gasteiger partial charge on any atom is 0.325 e. The molecule has 8 heteroatoms. The minimum atomic E-state index is -0.447. The summed E-state index contributed by atoms with van der Waals surface area (Å²) in [6.45, 7) is 5.67. The molecule has 144 valence electrons. The molecule has 28 heavy (non-hydrogen) atoms. The second kappa shape index (κ2) is 8.41. The number of rotatable bonds is 4. The molecule has 2 aromatic carbocycles. The molecule has 0 bridgehead atoms. The number of anilines is 3. The van der Waals surface area contributed by atoms with Gasteiger partial charge in [0.15, 0.2) is 5.13 Å². The van der Waals surface area contributed by atoms with Crippen LogP contribution < -0.4 is 16.0 Å². The maximum atomic E-state index is 12.6. The Morgan fingerprint density at radius 1 is 0.964 bits per heavy atom. The second-order valence-corrected chi connectivity index (χ2v) is 7.73. The van der Waals surface area contributed by atoms with Crippen molar-refractivity contribution < 1.29 is 9.59 Å². The number of carbonyl (C=O) groups excluding carboxylic acids is 2. The van der Waals surface area contributed by atoms with Gasteiger partial charge in [0.1, 0.15) is 4.88 Å². The number of nitrogens with one attached hydrogen (secondary N) is 3. The topological polar surface area (TPSA) is 83.1 Å². The van der Waals surface area contributed by atoms with Crippen LogP contribution in [0.4, 0.5) is 21.3 Å². The van der Waals surface area contributed by atoms with Gasteiger partial charge < -0.3 is 10.6 Å². The largest absolute Gasteiger partial charge is 0.325 e. The molecule has 1 aromatic heterocycles. The van der Waals surface area contributed by atoms with Gasteiger partial charge in [-0.15, -0.1) is 0 Å². The summed E-state index contributed by atoms with van der Waals surface area (Å²) in [4.78, 5) is 29.5. The molecule has 0 aliphatic heterocycles. The first-order chi connectivity index (χ1) is 13.3. The number of hydrogen-bond donors (Lipinski definition) is 3. The van der Waals surface area contributed by atoms with Crippen LogP contribution in [0.25, 0.3) is 0 Å². The van der Waals surface area contributed by atoms with Crippen molar-refractivity contribution in [2.75, 3.05) is 16.0 Å². The monoisotopic (exact) mass is 414 g/mol. The number of hydrogen-bond acceptors (Lipinski definition) is 4. The zero-order chi connectivity index (χ0) is 20.3. The highest BCUT2D eigenvalue weighted by Gasteiger charge is 2.17. The van der Waals surface area contributed by atoms with Crippen molar-refractivity contribution >= 4 is 51.4 Å². The molecular formula is C20H19ClN4O2S. The lowest BCUT2D eigenvalue weighted by molar-refractivity contribution is 0.102. The summed E-state index contributed by atoms with van der Waals surface area (Å²) in [5.41, 5.74) is 4.01. The quantitative estimate of drug-likeness (QED) is 0.518. The first kappa shape index (κ1) is 19.9. The van der Waals surface area contributed by atoms with Crippen LogP contribution in [-0.2, 0) is 0 Å². The molecule has 0 spiro atoms. The number of benzene rings is 2. The average molecular weight is 415 g/mol. The van der Waals surface area contributed by atoms with Crippen LogP contribution in [0.3, 0.4) is 0 Å². The molecule has 0 radical (unpaired) electrons. The predicted octanol–water partition coefficient (Wildman–Crippen LogP) is 5.62. The van der Waals surface area contributed by atoms with Crippen molar-refractivity contribution in [2.24, 2.45) is 0 Å². The summed E-state index contributed by atoms with van der Waals surface area (Å²) in [5, 5.41) is 9.16. The van der Waals surface area contributed by atoms with Gasteiger partial charge in [-0.1, -0.05) is 40.6 Å². The number of urea groups is 1. The number of nitrogens with zero attached hydrogens (tertiary/aromatic N) is 1. The van der Waals surface area contributed by atoms with Crippen LogP contribution in [0.5, 0.6) is 0 Å². The number of amides is 3. The van der Waals surface area contributed by atoms with E-state index >= 15 is 0 Å². The number of carbonyl (C=O) groups is 2. The first-order valence-electron chi connectivity index (χ1n) is 8.51. The smallest absolute Gasteiger partial charge is 0.321 e. The third kappa shape index (κ3) is 4.88. The van der Waals surface area contributed by atoms with Gasteiger partial charge in [0.2, 0.25) is 0 Å². The number of aryl methyl sites for hydroxylation is 3. The molecule has 0 saturated heterocycles. The molecule has 3 N–H and O–H groups in total. The van der Waals surface area contributed by atoms with Crippen molar-refractivity contribution in [2.45, 2.75) is 20.8 Å². The Morgan fingerprint density at radius 3 is 2.36 bits per heavy atom. The van der Waals surface area contributed by atoms with Gasteiger partial charge in [-0.25, -0.2) is 9.78 Å². The van der Waals surface area contributed by atoms with Gasteiger partial charge in [-0.2, -0.15) is 0 Å². The SMILES string of the molecule is Cc1ccc(NC(=O)c2sc(NC(=O)Nc3ccc(Cl)cc3)nc2C)c(C)c1. The highest BCUT2D eigenvalue weighted by atomic mass is 35.5. The molecular weight excluding hydrogens is 396 g/mol. The standard InChI is InChI=1S/C20H19ClN4O2S/c1-11-4-9-16(12(2)10-11)24-18(26)17-13(3)22-20(28-17)25-19(27)23-15-7-5-14(21)6-8-15/h4-10H,1-3H3,(H,24,26)(H2,22,23,25,27). The van der Waals surface area contributed by atoms with Crippen LogP contribution in [0, 0.1) is 20.8 Å². The fraction of sp³-hybridized carbons (Fsp3) is 0.150. The van der Waals surface area contributed by atoms with Crippen LogP contribution in [0.15, 0.2) is 42.5 Å². The van der Waals surface area contributed by atoms with Gasteiger partial charge in [0.25, 0.3) is 5.91 Å². The molecule has 0 fully saturated rings. The molecule has 3 amide bonds. The third-order valence-corrected chi connectivity index (χ3v) is 5.28. The molecule has 0 aliphatic rings. The minimum Gasteiger partial charge on any atom is -0.321 e. The fourth-order valence-corrected chi connectivity index (χ4v) is 3.57. The summed E-state index contributed by atoms with van der Waals surface area (Å²) in [7, 11) is 0. The number of halogens is 1. The lowest BCUT2D eigenvalue weighted by Gasteiger charge is -2.08. The Bertz CT molecular complexity index is 1030. The molecule has 0 unspecified atom stereocenters. The highest BCUT2D eigenvalue weighted by molar-refractivity contribution is 7.17. The van der Waals surface area contributed by atoms with E-state index in [1.54, 1.807) is 31.2 Å². The van der Waals surface area contributed by atoms with Gasteiger partial charge >= 0.3 is 6.03 Å². The van der Waals surface area contributed by atoms with E-state index in [-0.39, 0.29) is 5.91 Å². The van der Waals surface area contributed by atoms with Gasteiger partial charge in [-0.05, 0) is 56.7 Å². The van der Waals surface area contributed by atoms with Crippen LogP contribution in [0.1, 0.15) is 26.5 Å². The van der Waals surface area contributed by atoms with E-state index in [4.69, 9.17) is 11.6 Å². The Kier molecular flexibility index (Phi) is 5.96. The lowest BCUT2D eigenvalue weighted by atomic mass is 10.1. The van der Waals surface area contributed by atoms with E-state index < -0.39 is 6.03 Å². The van der Waals surface area contributed by atoms with Crippen LogP contribution in [0.2, 0.25) is 5.02 Å². The van der Waals surface area contributed by atoms with Crippen LogP contribution >= 0.6 is 22.9 Å².